The van der Waals surface area contributed by atoms with Gasteiger partial charge in [-0.3, -0.25) is 9.69 Å². The standard InChI is InChI=1S/C20H25ClN2O3/c1-14-9-15(2)20(18(21)10-14)22-19(24)13-23(11-16-5-3-7-25-16)12-17-6-4-8-26-17/h3,5,7,9-10,17H,4,6,8,11-13H2,1-2H3,(H,22,24). The van der Waals surface area contributed by atoms with Crippen molar-refractivity contribution < 1.29 is 13.9 Å². The van der Waals surface area contributed by atoms with Crippen LogP contribution in [0.5, 0.6) is 0 Å². The molecule has 1 fully saturated rings. The van der Waals surface area contributed by atoms with Crippen molar-refractivity contribution in [3.63, 3.8) is 0 Å². The van der Waals surface area contributed by atoms with Gasteiger partial charge in [0.05, 0.1) is 36.2 Å². The van der Waals surface area contributed by atoms with Gasteiger partial charge in [0.1, 0.15) is 5.76 Å². The molecule has 1 saturated heterocycles. The normalized spacial score (nSPS) is 17.0. The quantitative estimate of drug-likeness (QED) is 0.788. The second kappa shape index (κ2) is 8.71. The van der Waals surface area contributed by atoms with Crippen molar-refractivity contribution in [1.29, 1.82) is 0 Å². The number of nitrogens with zero attached hydrogens (tertiary/aromatic N) is 1. The second-order valence-electron chi connectivity index (χ2n) is 6.87. The first-order valence-electron chi connectivity index (χ1n) is 8.94. The van der Waals surface area contributed by atoms with Crippen molar-refractivity contribution in [3.05, 3.63) is 52.4 Å². The number of amides is 1. The molecule has 0 bridgehead atoms. The Bertz CT molecular complexity index is 717. The Morgan fingerprint density at radius 1 is 1.38 bits per heavy atom. The number of furan rings is 1. The third-order valence-corrected chi connectivity index (χ3v) is 4.81. The third kappa shape index (κ3) is 5.10. The number of anilines is 1. The molecule has 1 unspecified atom stereocenters. The summed E-state index contributed by atoms with van der Waals surface area (Å²) in [6, 6.07) is 7.64. The van der Waals surface area contributed by atoms with Crippen molar-refractivity contribution in [2.24, 2.45) is 0 Å². The van der Waals surface area contributed by atoms with Gasteiger partial charge in [-0.2, -0.15) is 0 Å². The van der Waals surface area contributed by atoms with Crippen LogP contribution in [-0.2, 0) is 16.1 Å². The monoisotopic (exact) mass is 376 g/mol. The summed E-state index contributed by atoms with van der Waals surface area (Å²) in [6.07, 6.45) is 3.92. The van der Waals surface area contributed by atoms with Crippen molar-refractivity contribution >= 4 is 23.2 Å². The zero-order chi connectivity index (χ0) is 18.5. The van der Waals surface area contributed by atoms with E-state index in [1.54, 1.807) is 6.26 Å². The minimum absolute atomic E-state index is 0.0941. The van der Waals surface area contributed by atoms with E-state index in [-0.39, 0.29) is 18.6 Å². The molecular formula is C20H25ClN2O3. The molecule has 1 aliphatic heterocycles. The maximum absolute atomic E-state index is 12.6. The van der Waals surface area contributed by atoms with E-state index in [2.05, 4.69) is 10.2 Å². The van der Waals surface area contributed by atoms with Crippen molar-refractivity contribution in [1.82, 2.24) is 4.90 Å². The number of carbonyl (C=O) groups is 1. The molecule has 1 N–H and O–H groups in total. The molecule has 1 aromatic carbocycles. The van der Waals surface area contributed by atoms with Crippen LogP contribution in [0, 0.1) is 13.8 Å². The summed E-state index contributed by atoms with van der Waals surface area (Å²) >= 11 is 6.30. The molecule has 2 heterocycles. The first-order valence-corrected chi connectivity index (χ1v) is 9.32. The van der Waals surface area contributed by atoms with Crippen LogP contribution in [0.2, 0.25) is 5.02 Å². The molecule has 3 rings (SSSR count). The van der Waals surface area contributed by atoms with Gasteiger partial charge in [0.15, 0.2) is 0 Å². The Labute approximate surface area is 159 Å². The minimum Gasteiger partial charge on any atom is -0.468 e. The van der Waals surface area contributed by atoms with Gasteiger partial charge in [-0.25, -0.2) is 0 Å². The zero-order valence-electron chi connectivity index (χ0n) is 15.3. The zero-order valence-corrected chi connectivity index (χ0v) is 16.0. The molecule has 1 aromatic heterocycles. The summed E-state index contributed by atoms with van der Waals surface area (Å²) in [6.45, 7) is 6.25. The van der Waals surface area contributed by atoms with Crippen LogP contribution in [0.1, 0.15) is 29.7 Å². The summed E-state index contributed by atoms with van der Waals surface area (Å²) in [5.74, 6) is 0.740. The van der Waals surface area contributed by atoms with E-state index in [9.17, 15) is 4.79 Å². The van der Waals surface area contributed by atoms with Gasteiger partial charge >= 0.3 is 0 Å². The summed E-state index contributed by atoms with van der Waals surface area (Å²) in [5, 5.41) is 3.52. The summed E-state index contributed by atoms with van der Waals surface area (Å²) < 4.78 is 11.2. The van der Waals surface area contributed by atoms with Crippen LogP contribution in [0.4, 0.5) is 5.69 Å². The highest BCUT2D eigenvalue weighted by Gasteiger charge is 2.22. The third-order valence-electron chi connectivity index (χ3n) is 4.51. The molecule has 5 nitrogen and oxygen atoms in total. The van der Waals surface area contributed by atoms with Crippen molar-refractivity contribution in [3.8, 4) is 0 Å². The van der Waals surface area contributed by atoms with Crippen LogP contribution >= 0.6 is 11.6 Å². The number of ether oxygens (including phenoxy) is 1. The topological polar surface area (TPSA) is 54.7 Å². The van der Waals surface area contributed by atoms with Gasteiger partial charge in [-0.15, -0.1) is 0 Å². The molecular weight excluding hydrogens is 352 g/mol. The lowest BCUT2D eigenvalue weighted by molar-refractivity contribution is -0.117. The van der Waals surface area contributed by atoms with E-state index in [0.29, 0.717) is 23.8 Å². The predicted octanol–water partition coefficient (Wildman–Crippen LogP) is 4.17. The smallest absolute Gasteiger partial charge is 0.238 e. The number of hydrogen-bond acceptors (Lipinski definition) is 4. The van der Waals surface area contributed by atoms with Gasteiger partial charge in [0, 0.05) is 13.2 Å². The van der Waals surface area contributed by atoms with Gasteiger partial charge < -0.3 is 14.5 Å². The molecule has 1 amide bonds. The highest BCUT2D eigenvalue weighted by atomic mass is 35.5. The van der Waals surface area contributed by atoms with Gasteiger partial charge in [0.2, 0.25) is 5.91 Å². The SMILES string of the molecule is Cc1cc(C)c(NC(=O)CN(Cc2ccco2)CC2CCCO2)c(Cl)c1. The average Bonchev–Trinajstić information content (AvgIpc) is 3.24. The molecule has 0 saturated carbocycles. The van der Waals surface area contributed by atoms with E-state index < -0.39 is 0 Å². The molecule has 0 spiro atoms. The number of benzene rings is 1. The van der Waals surface area contributed by atoms with Crippen LogP contribution in [0.25, 0.3) is 0 Å². The predicted molar refractivity (Wildman–Crippen MR) is 103 cm³/mol. The van der Waals surface area contributed by atoms with Gasteiger partial charge in [0.25, 0.3) is 0 Å². The largest absolute Gasteiger partial charge is 0.468 e. The van der Waals surface area contributed by atoms with Crippen LogP contribution in [0.3, 0.4) is 0 Å². The van der Waals surface area contributed by atoms with Crippen LogP contribution < -0.4 is 5.32 Å². The maximum Gasteiger partial charge on any atom is 0.238 e. The first kappa shape index (κ1) is 19.0. The maximum atomic E-state index is 12.6. The first-order chi connectivity index (χ1) is 12.5. The van der Waals surface area contributed by atoms with E-state index in [0.717, 1.165) is 36.3 Å². The number of hydrogen-bond donors (Lipinski definition) is 1. The fourth-order valence-electron chi connectivity index (χ4n) is 3.34. The van der Waals surface area contributed by atoms with Crippen LogP contribution in [0.15, 0.2) is 34.9 Å². The average molecular weight is 377 g/mol. The molecule has 1 aliphatic rings. The molecule has 0 aliphatic carbocycles. The lowest BCUT2D eigenvalue weighted by Gasteiger charge is -2.24. The lowest BCUT2D eigenvalue weighted by Crippen LogP contribution is -2.38. The molecule has 0 radical (unpaired) electrons. The lowest BCUT2D eigenvalue weighted by atomic mass is 10.1. The van der Waals surface area contributed by atoms with Crippen LogP contribution in [-0.4, -0.2) is 36.6 Å². The van der Waals surface area contributed by atoms with E-state index in [1.165, 1.54) is 0 Å². The summed E-state index contributed by atoms with van der Waals surface area (Å²) in [4.78, 5) is 14.7. The Morgan fingerprint density at radius 2 is 2.23 bits per heavy atom. The highest BCUT2D eigenvalue weighted by Crippen LogP contribution is 2.27. The minimum atomic E-state index is -0.0941. The number of carbonyl (C=O) groups excluding carboxylic acids is 1. The fraction of sp³-hybridized carbons (Fsp3) is 0.450. The molecule has 6 heteroatoms. The van der Waals surface area contributed by atoms with Gasteiger partial charge in [-0.05, 0) is 56.0 Å². The van der Waals surface area contributed by atoms with E-state index >= 15 is 0 Å². The fourth-order valence-corrected chi connectivity index (χ4v) is 3.71. The Kier molecular flexibility index (Phi) is 6.35. The van der Waals surface area contributed by atoms with Crippen molar-refractivity contribution in [2.75, 3.05) is 25.0 Å². The Morgan fingerprint density at radius 3 is 2.88 bits per heavy atom. The van der Waals surface area contributed by atoms with E-state index in [4.69, 9.17) is 20.8 Å². The number of rotatable bonds is 7. The molecule has 1 atom stereocenters. The molecule has 26 heavy (non-hydrogen) atoms. The van der Waals surface area contributed by atoms with Crippen molar-refractivity contribution in [2.45, 2.75) is 39.3 Å². The highest BCUT2D eigenvalue weighted by molar-refractivity contribution is 6.34. The summed E-state index contributed by atoms with van der Waals surface area (Å²) in [7, 11) is 0. The summed E-state index contributed by atoms with van der Waals surface area (Å²) in [5.41, 5.74) is 2.71. The number of nitrogens with one attached hydrogen (secondary N) is 1. The Hall–Kier alpha value is -1.82. The number of aryl methyl sites for hydroxylation is 2. The van der Waals surface area contributed by atoms with Gasteiger partial charge in [-0.1, -0.05) is 17.7 Å². The van der Waals surface area contributed by atoms with E-state index in [1.807, 2.05) is 38.1 Å². The Balaban J connectivity index is 1.66. The molecule has 140 valence electrons. The second-order valence-corrected chi connectivity index (χ2v) is 7.28. The number of halogens is 1. The molecule has 2 aromatic rings.